The largest absolute Gasteiger partial charge is 0.373 e. The first-order valence-corrected chi connectivity index (χ1v) is 7.04. The zero-order valence-corrected chi connectivity index (χ0v) is 11.7. The van der Waals surface area contributed by atoms with Crippen molar-refractivity contribution in [2.45, 2.75) is 52.0 Å². The van der Waals surface area contributed by atoms with E-state index in [0.29, 0.717) is 6.04 Å². The lowest BCUT2D eigenvalue weighted by atomic mass is 9.86. The fourth-order valence-corrected chi connectivity index (χ4v) is 2.79. The fourth-order valence-electron chi connectivity index (χ4n) is 2.79. The van der Waals surface area contributed by atoms with Crippen LogP contribution >= 0.6 is 0 Å². The Labute approximate surface area is 110 Å². The van der Waals surface area contributed by atoms with Crippen LogP contribution in [0, 0.1) is 5.92 Å². The molecule has 0 bridgehead atoms. The minimum atomic E-state index is 0.559. The van der Waals surface area contributed by atoms with E-state index >= 15 is 0 Å². The third kappa shape index (κ3) is 2.74. The van der Waals surface area contributed by atoms with E-state index in [9.17, 15) is 0 Å². The van der Waals surface area contributed by atoms with Crippen LogP contribution < -0.4 is 10.6 Å². The van der Waals surface area contributed by atoms with Crippen LogP contribution in [-0.2, 0) is 6.42 Å². The Kier molecular flexibility index (Phi) is 4.39. The van der Waals surface area contributed by atoms with Gasteiger partial charge in [-0.1, -0.05) is 26.7 Å². The molecule has 0 aromatic carbocycles. The molecule has 0 amide bonds. The maximum Gasteiger partial charge on any atom is 0.134 e. The summed E-state index contributed by atoms with van der Waals surface area (Å²) in [5, 5.41) is 6.78. The number of nitrogens with zero attached hydrogens (tertiary/aromatic N) is 2. The third-order valence-corrected chi connectivity index (χ3v) is 3.97. The second-order valence-corrected chi connectivity index (χ2v) is 5.17. The Bertz CT molecular complexity index is 391. The molecule has 0 radical (unpaired) electrons. The SMILES string of the molecule is CCc1c(NC)ncnc1NC1CCCCC1C. The zero-order chi connectivity index (χ0) is 13.0. The molecule has 0 spiro atoms. The average Bonchev–Trinajstić information content (AvgIpc) is 2.41. The molecule has 1 heterocycles. The van der Waals surface area contributed by atoms with Gasteiger partial charge in [0.15, 0.2) is 0 Å². The number of nitrogens with one attached hydrogen (secondary N) is 2. The summed E-state index contributed by atoms with van der Waals surface area (Å²) in [6.45, 7) is 4.48. The molecular formula is C14H24N4. The lowest BCUT2D eigenvalue weighted by molar-refractivity contribution is 0.349. The maximum absolute atomic E-state index is 4.42. The highest BCUT2D eigenvalue weighted by molar-refractivity contribution is 5.57. The normalized spacial score (nSPS) is 23.7. The molecule has 2 N–H and O–H groups in total. The van der Waals surface area contributed by atoms with E-state index in [1.807, 2.05) is 7.05 Å². The number of hydrogen-bond donors (Lipinski definition) is 2. The molecule has 2 atom stereocenters. The van der Waals surface area contributed by atoms with E-state index in [1.165, 1.54) is 31.2 Å². The van der Waals surface area contributed by atoms with Crippen molar-refractivity contribution in [1.29, 1.82) is 0 Å². The van der Waals surface area contributed by atoms with Gasteiger partial charge in [0.1, 0.15) is 18.0 Å². The first kappa shape index (κ1) is 13.1. The number of anilines is 2. The van der Waals surface area contributed by atoms with Gasteiger partial charge in [0, 0.05) is 18.7 Å². The van der Waals surface area contributed by atoms with Crippen LogP contribution in [0.5, 0.6) is 0 Å². The van der Waals surface area contributed by atoms with Crippen molar-refractivity contribution >= 4 is 11.6 Å². The molecule has 2 unspecified atom stereocenters. The third-order valence-electron chi connectivity index (χ3n) is 3.97. The van der Waals surface area contributed by atoms with Gasteiger partial charge in [-0.25, -0.2) is 9.97 Å². The van der Waals surface area contributed by atoms with Crippen LogP contribution in [0.2, 0.25) is 0 Å². The summed E-state index contributed by atoms with van der Waals surface area (Å²) in [7, 11) is 1.91. The van der Waals surface area contributed by atoms with Crippen molar-refractivity contribution < 1.29 is 0 Å². The number of rotatable bonds is 4. The van der Waals surface area contributed by atoms with Crippen molar-refractivity contribution in [3.05, 3.63) is 11.9 Å². The smallest absolute Gasteiger partial charge is 0.134 e. The number of aromatic nitrogens is 2. The van der Waals surface area contributed by atoms with Crippen LogP contribution in [-0.4, -0.2) is 23.1 Å². The molecule has 2 rings (SSSR count). The van der Waals surface area contributed by atoms with E-state index in [-0.39, 0.29) is 0 Å². The number of hydrogen-bond acceptors (Lipinski definition) is 4. The van der Waals surface area contributed by atoms with Gasteiger partial charge in [0.05, 0.1) is 0 Å². The Morgan fingerprint density at radius 1 is 1.22 bits per heavy atom. The van der Waals surface area contributed by atoms with Crippen molar-refractivity contribution in [2.75, 3.05) is 17.7 Å². The van der Waals surface area contributed by atoms with Gasteiger partial charge < -0.3 is 10.6 Å². The molecule has 18 heavy (non-hydrogen) atoms. The van der Waals surface area contributed by atoms with Gasteiger partial charge >= 0.3 is 0 Å². The first-order chi connectivity index (χ1) is 8.76. The Hall–Kier alpha value is -1.32. The second kappa shape index (κ2) is 6.03. The quantitative estimate of drug-likeness (QED) is 0.859. The van der Waals surface area contributed by atoms with Crippen LogP contribution in [0.25, 0.3) is 0 Å². The summed E-state index contributed by atoms with van der Waals surface area (Å²) in [4.78, 5) is 8.70. The molecule has 1 saturated carbocycles. The highest BCUT2D eigenvalue weighted by atomic mass is 15.1. The summed E-state index contributed by atoms with van der Waals surface area (Å²) in [5.74, 6) is 2.69. The van der Waals surface area contributed by atoms with Crippen LogP contribution in [0.15, 0.2) is 6.33 Å². The topological polar surface area (TPSA) is 49.8 Å². The van der Waals surface area contributed by atoms with Crippen LogP contribution in [0.4, 0.5) is 11.6 Å². The summed E-state index contributed by atoms with van der Waals surface area (Å²) < 4.78 is 0. The van der Waals surface area contributed by atoms with E-state index in [4.69, 9.17) is 0 Å². The van der Waals surface area contributed by atoms with Gasteiger partial charge in [-0.05, 0) is 25.2 Å². The molecule has 4 heteroatoms. The maximum atomic E-state index is 4.42. The summed E-state index contributed by atoms with van der Waals surface area (Å²) in [6, 6.07) is 0.559. The second-order valence-electron chi connectivity index (χ2n) is 5.17. The van der Waals surface area contributed by atoms with E-state index in [0.717, 1.165) is 24.0 Å². The Balaban J connectivity index is 2.17. The van der Waals surface area contributed by atoms with Gasteiger partial charge in [-0.2, -0.15) is 0 Å². The summed E-state index contributed by atoms with van der Waals surface area (Å²) >= 11 is 0. The summed E-state index contributed by atoms with van der Waals surface area (Å²) in [5.41, 5.74) is 1.19. The van der Waals surface area contributed by atoms with E-state index in [2.05, 4.69) is 34.4 Å². The molecule has 1 fully saturated rings. The molecule has 1 aromatic rings. The fraction of sp³-hybridized carbons (Fsp3) is 0.714. The van der Waals surface area contributed by atoms with Gasteiger partial charge in [0.25, 0.3) is 0 Å². The lowest BCUT2D eigenvalue weighted by Gasteiger charge is -2.30. The molecule has 1 aliphatic carbocycles. The van der Waals surface area contributed by atoms with E-state index < -0.39 is 0 Å². The minimum Gasteiger partial charge on any atom is -0.373 e. The summed E-state index contributed by atoms with van der Waals surface area (Å²) in [6.07, 6.45) is 7.85. The highest BCUT2D eigenvalue weighted by Crippen LogP contribution is 2.28. The van der Waals surface area contributed by atoms with Gasteiger partial charge in [-0.3, -0.25) is 0 Å². The Morgan fingerprint density at radius 2 is 1.94 bits per heavy atom. The van der Waals surface area contributed by atoms with Crippen LogP contribution in [0.1, 0.15) is 45.1 Å². The van der Waals surface area contributed by atoms with Gasteiger partial charge in [0.2, 0.25) is 0 Å². The van der Waals surface area contributed by atoms with Crippen molar-refractivity contribution in [1.82, 2.24) is 9.97 Å². The lowest BCUT2D eigenvalue weighted by Crippen LogP contribution is -2.31. The van der Waals surface area contributed by atoms with Crippen molar-refractivity contribution in [2.24, 2.45) is 5.92 Å². The van der Waals surface area contributed by atoms with Crippen LogP contribution in [0.3, 0.4) is 0 Å². The molecule has 0 saturated heterocycles. The van der Waals surface area contributed by atoms with Crippen molar-refractivity contribution in [3.8, 4) is 0 Å². The molecule has 100 valence electrons. The standard InChI is InChI=1S/C14H24N4/c1-4-11-13(15-3)16-9-17-14(11)18-12-8-6-5-7-10(12)2/h9-10,12H,4-8H2,1-3H3,(H2,15,16,17,18). The Morgan fingerprint density at radius 3 is 2.61 bits per heavy atom. The molecule has 1 aromatic heterocycles. The van der Waals surface area contributed by atoms with Crippen molar-refractivity contribution in [3.63, 3.8) is 0 Å². The minimum absolute atomic E-state index is 0.559. The molecule has 4 nitrogen and oxygen atoms in total. The molecule has 0 aliphatic heterocycles. The van der Waals surface area contributed by atoms with E-state index in [1.54, 1.807) is 6.33 Å². The highest BCUT2D eigenvalue weighted by Gasteiger charge is 2.22. The van der Waals surface area contributed by atoms with Gasteiger partial charge in [-0.15, -0.1) is 0 Å². The zero-order valence-electron chi connectivity index (χ0n) is 11.7. The average molecular weight is 248 g/mol. The predicted octanol–water partition coefficient (Wildman–Crippen LogP) is 3.07. The molecular weight excluding hydrogens is 224 g/mol. The molecule has 1 aliphatic rings. The monoisotopic (exact) mass is 248 g/mol. The predicted molar refractivity (Wildman–Crippen MR) is 76.0 cm³/mol. The first-order valence-electron chi connectivity index (χ1n) is 7.04.